The second kappa shape index (κ2) is 5.77. The summed E-state index contributed by atoms with van der Waals surface area (Å²) in [5.41, 5.74) is 7.32. The molecule has 27 heavy (non-hydrogen) atoms. The number of carbonyl (C=O) groups excluding carboxylic acids is 1. The summed E-state index contributed by atoms with van der Waals surface area (Å²) in [5, 5.41) is 0. The number of ketones is 1. The summed E-state index contributed by atoms with van der Waals surface area (Å²) in [5.74, 6) is 1.73. The van der Waals surface area contributed by atoms with Crippen molar-refractivity contribution in [1.29, 1.82) is 0 Å². The van der Waals surface area contributed by atoms with Crippen LogP contribution in [0.4, 0.5) is 0 Å². The van der Waals surface area contributed by atoms with Crippen LogP contribution in [-0.2, 0) is 4.79 Å². The molecular formula is C25H29NO. The first-order valence-corrected chi connectivity index (χ1v) is 10.5. The monoisotopic (exact) mass is 359 g/mol. The largest absolute Gasteiger partial charge is 0.295 e. The van der Waals surface area contributed by atoms with E-state index >= 15 is 0 Å². The van der Waals surface area contributed by atoms with Crippen molar-refractivity contribution in [3.8, 4) is 0 Å². The zero-order valence-corrected chi connectivity index (χ0v) is 16.7. The van der Waals surface area contributed by atoms with Crippen LogP contribution in [0.2, 0.25) is 0 Å². The number of allylic oxidation sites excluding steroid dienone is 6. The molecule has 0 N–H and O–H groups in total. The number of fused-ring (bicyclic) bond motifs is 5. The zero-order chi connectivity index (χ0) is 18.8. The fourth-order valence-corrected chi connectivity index (χ4v) is 6.92. The highest BCUT2D eigenvalue weighted by atomic mass is 16.1. The molecular weight excluding hydrogens is 330 g/mol. The number of carbonyl (C=O) groups is 1. The Morgan fingerprint density at radius 1 is 1.11 bits per heavy atom. The Labute approximate surface area is 162 Å². The van der Waals surface area contributed by atoms with Crippen molar-refractivity contribution in [1.82, 2.24) is 4.98 Å². The normalized spacial score (nSPS) is 38.0. The highest BCUT2D eigenvalue weighted by Crippen LogP contribution is 2.65. The maximum Gasteiger partial charge on any atom is 0.158 e. The summed E-state index contributed by atoms with van der Waals surface area (Å²) in [6.45, 7) is 6.99. The molecule has 1 heterocycles. The van der Waals surface area contributed by atoms with E-state index in [4.69, 9.17) is 0 Å². The topological polar surface area (TPSA) is 30.0 Å². The van der Waals surface area contributed by atoms with Crippen molar-refractivity contribution in [2.24, 2.45) is 22.7 Å². The SMILES string of the molecule is CC1=C2CC[C@H]3C4=CC=C(c5cccnc5)[C@@]4(C)CC[C@@H]3[C@@]2(C)CCC1=O. The molecule has 2 fully saturated rings. The van der Waals surface area contributed by atoms with Crippen LogP contribution in [0.15, 0.2) is 53.4 Å². The van der Waals surface area contributed by atoms with E-state index in [-0.39, 0.29) is 10.8 Å². The van der Waals surface area contributed by atoms with Gasteiger partial charge in [0.2, 0.25) is 0 Å². The number of pyridine rings is 1. The summed E-state index contributed by atoms with van der Waals surface area (Å²) >= 11 is 0. The molecule has 140 valence electrons. The summed E-state index contributed by atoms with van der Waals surface area (Å²) in [7, 11) is 0. The van der Waals surface area contributed by atoms with Gasteiger partial charge in [-0.1, -0.05) is 43.2 Å². The third-order valence-electron chi connectivity index (χ3n) is 8.43. The van der Waals surface area contributed by atoms with Gasteiger partial charge in [0.15, 0.2) is 5.78 Å². The van der Waals surface area contributed by atoms with Crippen LogP contribution in [0.5, 0.6) is 0 Å². The molecule has 0 aliphatic heterocycles. The Hall–Kier alpha value is -1.96. The van der Waals surface area contributed by atoms with Gasteiger partial charge >= 0.3 is 0 Å². The second-order valence-electron chi connectivity index (χ2n) is 9.51. The van der Waals surface area contributed by atoms with Crippen LogP contribution in [0.25, 0.3) is 5.57 Å². The average Bonchev–Trinajstić information content (AvgIpc) is 3.03. The Morgan fingerprint density at radius 3 is 2.74 bits per heavy atom. The van der Waals surface area contributed by atoms with Crippen LogP contribution in [0.3, 0.4) is 0 Å². The molecule has 1 aromatic heterocycles. The van der Waals surface area contributed by atoms with Crippen LogP contribution >= 0.6 is 0 Å². The van der Waals surface area contributed by atoms with Crippen molar-refractivity contribution in [2.45, 2.75) is 59.3 Å². The second-order valence-corrected chi connectivity index (χ2v) is 9.51. The first-order valence-electron chi connectivity index (χ1n) is 10.5. The van der Waals surface area contributed by atoms with Crippen LogP contribution < -0.4 is 0 Å². The van der Waals surface area contributed by atoms with Gasteiger partial charge in [-0.15, -0.1) is 0 Å². The first kappa shape index (κ1) is 17.2. The van der Waals surface area contributed by atoms with Crippen molar-refractivity contribution in [3.63, 3.8) is 0 Å². The van der Waals surface area contributed by atoms with E-state index in [2.05, 4.69) is 44.0 Å². The lowest BCUT2D eigenvalue weighted by Gasteiger charge is -2.56. The highest BCUT2D eigenvalue weighted by Gasteiger charge is 2.55. The quantitative estimate of drug-likeness (QED) is 0.623. The Balaban J connectivity index is 1.51. The maximum atomic E-state index is 12.3. The van der Waals surface area contributed by atoms with Gasteiger partial charge in [0.25, 0.3) is 0 Å². The molecule has 0 radical (unpaired) electrons. The van der Waals surface area contributed by atoms with Crippen molar-refractivity contribution in [2.75, 3.05) is 0 Å². The lowest BCUT2D eigenvalue weighted by molar-refractivity contribution is -0.117. The van der Waals surface area contributed by atoms with Crippen molar-refractivity contribution in [3.05, 3.63) is 59.0 Å². The molecule has 4 aliphatic carbocycles. The Kier molecular flexibility index (Phi) is 3.67. The summed E-state index contributed by atoms with van der Waals surface area (Å²) in [6, 6.07) is 4.25. The number of rotatable bonds is 1. The lowest BCUT2D eigenvalue weighted by Crippen LogP contribution is -2.47. The fourth-order valence-electron chi connectivity index (χ4n) is 6.92. The summed E-state index contributed by atoms with van der Waals surface area (Å²) in [4.78, 5) is 16.7. The minimum absolute atomic E-state index is 0.154. The van der Waals surface area contributed by atoms with Crippen LogP contribution in [0, 0.1) is 22.7 Å². The van der Waals surface area contributed by atoms with E-state index in [1.165, 1.54) is 36.0 Å². The van der Waals surface area contributed by atoms with E-state index in [1.54, 1.807) is 5.57 Å². The number of hydrogen-bond donors (Lipinski definition) is 0. The van der Waals surface area contributed by atoms with Gasteiger partial charge in [0.1, 0.15) is 0 Å². The fraction of sp³-hybridized carbons (Fsp3) is 0.520. The average molecular weight is 360 g/mol. The van der Waals surface area contributed by atoms with Gasteiger partial charge in [-0.2, -0.15) is 0 Å². The Bertz CT molecular complexity index is 906. The minimum atomic E-state index is 0.154. The molecule has 0 unspecified atom stereocenters. The van der Waals surface area contributed by atoms with Crippen LogP contribution in [0.1, 0.15) is 64.9 Å². The van der Waals surface area contributed by atoms with Gasteiger partial charge in [0.05, 0.1) is 0 Å². The summed E-state index contributed by atoms with van der Waals surface area (Å²) < 4.78 is 0. The lowest BCUT2D eigenvalue weighted by atomic mass is 9.48. The molecule has 0 aromatic carbocycles. The maximum absolute atomic E-state index is 12.3. The van der Waals surface area contributed by atoms with Crippen LogP contribution in [-0.4, -0.2) is 10.8 Å². The van der Waals surface area contributed by atoms with E-state index in [0.717, 1.165) is 24.8 Å². The van der Waals surface area contributed by atoms with Gasteiger partial charge < -0.3 is 0 Å². The molecule has 0 saturated heterocycles. The minimum Gasteiger partial charge on any atom is -0.295 e. The number of hydrogen-bond acceptors (Lipinski definition) is 2. The molecule has 0 bridgehead atoms. The summed E-state index contributed by atoms with van der Waals surface area (Å²) in [6.07, 6.45) is 15.2. The van der Waals surface area contributed by atoms with Crippen molar-refractivity contribution < 1.29 is 4.79 Å². The van der Waals surface area contributed by atoms with E-state index in [9.17, 15) is 4.79 Å². The number of Topliss-reactive ketones (excluding diaryl/α,β-unsaturated/α-hetero) is 1. The molecule has 2 heteroatoms. The molecule has 4 atom stereocenters. The van der Waals surface area contributed by atoms with Gasteiger partial charge in [-0.05, 0) is 79.1 Å². The van der Waals surface area contributed by atoms with Gasteiger partial charge in [0, 0.05) is 24.2 Å². The molecule has 0 amide bonds. The zero-order valence-electron chi connectivity index (χ0n) is 16.7. The van der Waals surface area contributed by atoms with E-state index in [1.807, 2.05) is 18.5 Å². The smallest absolute Gasteiger partial charge is 0.158 e. The van der Waals surface area contributed by atoms with Gasteiger partial charge in [-0.25, -0.2) is 0 Å². The molecule has 0 spiro atoms. The number of nitrogens with zero attached hydrogens (tertiary/aromatic N) is 1. The predicted octanol–water partition coefficient (Wildman–Crippen LogP) is 5.92. The molecule has 4 aliphatic rings. The molecule has 2 nitrogen and oxygen atoms in total. The molecule has 1 aromatic rings. The third-order valence-corrected chi connectivity index (χ3v) is 8.43. The standard InChI is InChI=1S/C25H29NO/c1-16-19-7-6-18-21-9-8-20(17-5-4-14-26-15-17)25(21,3)12-10-22(18)24(19,2)13-11-23(16)27/h4-5,8-9,14-15,18,22H,6-7,10-13H2,1-3H3/t18-,22-,24-,25+/m0/s1. The van der Waals surface area contributed by atoms with E-state index in [0.29, 0.717) is 17.6 Å². The van der Waals surface area contributed by atoms with Gasteiger partial charge in [-0.3, -0.25) is 9.78 Å². The van der Waals surface area contributed by atoms with E-state index < -0.39 is 0 Å². The molecule has 2 saturated carbocycles. The molecule has 5 rings (SSSR count). The van der Waals surface area contributed by atoms with Crippen molar-refractivity contribution >= 4 is 11.4 Å². The third kappa shape index (κ3) is 2.25. The first-order chi connectivity index (χ1) is 12.9. The predicted molar refractivity (Wildman–Crippen MR) is 109 cm³/mol. The number of aromatic nitrogens is 1. The highest BCUT2D eigenvalue weighted by molar-refractivity contribution is 5.96. The Morgan fingerprint density at radius 2 is 1.96 bits per heavy atom.